The molecule has 10 heavy (non-hydrogen) atoms. The van der Waals surface area contributed by atoms with Crippen LogP contribution in [0.15, 0.2) is 29.4 Å². The van der Waals surface area contributed by atoms with Gasteiger partial charge in [0.2, 0.25) is 0 Å². The van der Waals surface area contributed by atoms with Gasteiger partial charge in [-0.2, -0.15) is 0 Å². The maximum atomic E-state index is 9.79. The van der Waals surface area contributed by atoms with Gasteiger partial charge >= 0.3 is 23.1 Å². The number of nitroso groups, excluding NO2 is 1. The van der Waals surface area contributed by atoms with Crippen molar-refractivity contribution in [2.24, 2.45) is 5.18 Å². The maximum Gasteiger partial charge on any atom is 2.00 e. The molecule has 46 valence electrons. The maximum absolute atomic E-state index is 9.79. The molecule has 0 saturated carbocycles. The predicted molar refractivity (Wildman–Crippen MR) is 39.3 cm³/mol. The van der Waals surface area contributed by atoms with E-state index < -0.39 is 0 Å². The molecular formula is C6H5MgNO2+2. The van der Waals surface area contributed by atoms with Crippen LogP contribution in [0.3, 0.4) is 0 Å². The number of rotatable bonds is 1. The van der Waals surface area contributed by atoms with E-state index >= 15 is 0 Å². The van der Waals surface area contributed by atoms with Gasteiger partial charge in [-0.25, -0.2) is 0 Å². The normalized spacial score (nSPS) is 8.00. The predicted octanol–water partition coefficient (Wildman–Crippen LogP) is 1.41. The third-order valence-corrected chi connectivity index (χ3v) is 0.955. The number of hydrogen-bond donors (Lipinski definition) is 1. The first kappa shape index (κ1) is 9.39. The Morgan fingerprint density at radius 3 is 2.10 bits per heavy atom. The third kappa shape index (κ3) is 2.32. The van der Waals surface area contributed by atoms with Gasteiger partial charge in [0.1, 0.15) is 11.4 Å². The number of phenols is 1. The zero-order valence-corrected chi connectivity index (χ0v) is 6.73. The van der Waals surface area contributed by atoms with E-state index in [1.54, 1.807) is 0 Å². The Morgan fingerprint density at radius 2 is 1.70 bits per heavy atom. The van der Waals surface area contributed by atoms with Crippen molar-refractivity contribution < 1.29 is 5.11 Å². The Hall–Kier alpha value is -0.614. The fraction of sp³-hybridized carbons (Fsp3) is 0. The SMILES string of the molecule is O=Nc1ccc(O)cc1.[Mg+2]. The monoisotopic (exact) mass is 147 g/mol. The second-order valence-corrected chi connectivity index (χ2v) is 1.61. The molecule has 4 heteroatoms. The summed E-state index contributed by atoms with van der Waals surface area (Å²) in [5, 5.41) is 11.4. The minimum absolute atomic E-state index is 0. The van der Waals surface area contributed by atoms with Crippen LogP contribution in [-0.2, 0) is 0 Å². The van der Waals surface area contributed by atoms with E-state index in [9.17, 15) is 4.91 Å². The average molecular weight is 147 g/mol. The van der Waals surface area contributed by atoms with Gasteiger partial charge in [0.05, 0.1) is 0 Å². The van der Waals surface area contributed by atoms with Gasteiger partial charge in [0.15, 0.2) is 0 Å². The minimum atomic E-state index is 0. The summed E-state index contributed by atoms with van der Waals surface area (Å²) >= 11 is 0. The molecule has 0 spiro atoms. The van der Waals surface area contributed by atoms with Gasteiger partial charge < -0.3 is 5.11 Å². The van der Waals surface area contributed by atoms with Gasteiger partial charge in [0, 0.05) is 0 Å². The third-order valence-electron chi connectivity index (χ3n) is 0.955. The summed E-state index contributed by atoms with van der Waals surface area (Å²) in [7, 11) is 0. The fourth-order valence-corrected chi connectivity index (χ4v) is 0.513. The van der Waals surface area contributed by atoms with Crippen molar-refractivity contribution in [3.63, 3.8) is 0 Å². The van der Waals surface area contributed by atoms with E-state index in [0.29, 0.717) is 5.69 Å². The second kappa shape index (κ2) is 4.24. The van der Waals surface area contributed by atoms with Crippen LogP contribution in [0.2, 0.25) is 0 Å². The summed E-state index contributed by atoms with van der Waals surface area (Å²) in [4.78, 5) is 9.79. The topological polar surface area (TPSA) is 49.7 Å². The van der Waals surface area contributed by atoms with Gasteiger partial charge in [-0.05, 0) is 29.4 Å². The van der Waals surface area contributed by atoms with Gasteiger partial charge in [-0.1, -0.05) is 0 Å². The van der Waals surface area contributed by atoms with E-state index in [1.165, 1.54) is 24.3 Å². The molecule has 0 aliphatic rings. The summed E-state index contributed by atoms with van der Waals surface area (Å²) in [6.45, 7) is 0. The minimum Gasteiger partial charge on any atom is -0.508 e. The van der Waals surface area contributed by atoms with Crippen LogP contribution in [0.4, 0.5) is 5.69 Å². The molecule has 1 aromatic carbocycles. The molecule has 0 bridgehead atoms. The van der Waals surface area contributed by atoms with Crippen LogP contribution in [0.25, 0.3) is 0 Å². The van der Waals surface area contributed by atoms with Crippen LogP contribution < -0.4 is 0 Å². The summed E-state index contributed by atoms with van der Waals surface area (Å²) in [5.41, 5.74) is 0.327. The molecule has 1 rings (SSSR count). The van der Waals surface area contributed by atoms with E-state index in [4.69, 9.17) is 5.11 Å². The van der Waals surface area contributed by atoms with Crippen LogP contribution in [0.1, 0.15) is 0 Å². The number of benzene rings is 1. The van der Waals surface area contributed by atoms with E-state index in [-0.39, 0.29) is 28.8 Å². The van der Waals surface area contributed by atoms with Crippen molar-refractivity contribution in [3.05, 3.63) is 29.2 Å². The van der Waals surface area contributed by atoms with Crippen molar-refractivity contribution in [3.8, 4) is 5.75 Å². The molecule has 0 atom stereocenters. The van der Waals surface area contributed by atoms with Gasteiger partial charge in [0.25, 0.3) is 0 Å². The van der Waals surface area contributed by atoms with Crippen LogP contribution >= 0.6 is 0 Å². The fourth-order valence-electron chi connectivity index (χ4n) is 0.513. The standard InChI is InChI=1S/C6H5NO2.Mg/c8-6-3-1-5(7-9)2-4-6;/h1-4,8H;/q;+2. The first-order valence-corrected chi connectivity index (χ1v) is 2.45. The molecule has 0 unspecified atom stereocenters. The molecular weight excluding hydrogens is 142 g/mol. The van der Waals surface area contributed by atoms with Crippen molar-refractivity contribution >= 4 is 28.7 Å². The first-order valence-electron chi connectivity index (χ1n) is 2.45. The molecule has 1 aromatic rings. The van der Waals surface area contributed by atoms with Crippen molar-refractivity contribution in [2.45, 2.75) is 0 Å². The quantitative estimate of drug-likeness (QED) is 0.482. The number of hydrogen-bond acceptors (Lipinski definition) is 3. The Labute approximate surface area is 74.2 Å². The Morgan fingerprint density at radius 1 is 1.20 bits per heavy atom. The average Bonchev–Trinajstić information content (AvgIpc) is 1.90. The Kier molecular flexibility index (Phi) is 3.98. The molecule has 0 aliphatic heterocycles. The molecule has 0 aliphatic carbocycles. The molecule has 3 nitrogen and oxygen atoms in total. The Bertz CT molecular complexity index is 209. The smallest absolute Gasteiger partial charge is 0.508 e. The first-order chi connectivity index (χ1) is 4.33. The summed E-state index contributed by atoms with van der Waals surface area (Å²) < 4.78 is 0. The van der Waals surface area contributed by atoms with E-state index in [1.807, 2.05) is 0 Å². The number of aromatic hydroxyl groups is 1. The van der Waals surface area contributed by atoms with Crippen LogP contribution in [-0.4, -0.2) is 28.2 Å². The van der Waals surface area contributed by atoms with Crippen molar-refractivity contribution in [2.75, 3.05) is 0 Å². The zero-order valence-electron chi connectivity index (χ0n) is 5.32. The molecule has 0 amide bonds. The van der Waals surface area contributed by atoms with Crippen molar-refractivity contribution in [1.29, 1.82) is 0 Å². The van der Waals surface area contributed by atoms with Crippen molar-refractivity contribution in [1.82, 2.24) is 0 Å². The number of nitrogens with zero attached hydrogens (tertiary/aromatic N) is 1. The molecule has 0 heterocycles. The molecule has 0 aromatic heterocycles. The molecule has 0 fully saturated rings. The second-order valence-electron chi connectivity index (χ2n) is 1.61. The Balaban J connectivity index is 0.000000810. The van der Waals surface area contributed by atoms with Crippen LogP contribution in [0.5, 0.6) is 5.75 Å². The van der Waals surface area contributed by atoms with E-state index in [0.717, 1.165) is 0 Å². The largest absolute Gasteiger partial charge is 2.00 e. The zero-order chi connectivity index (χ0) is 6.69. The molecule has 0 saturated heterocycles. The molecule has 0 radical (unpaired) electrons. The summed E-state index contributed by atoms with van der Waals surface area (Å²) in [5.74, 6) is 0.141. The summed E-state index contributed by atoms with van der Waals surface area (Å²) in [6, 6.07) is 5.72. The summed E-state index contributed by atoms with van der Waals surface area (Å²) in [6.07, 6.45) is 0. The van der Waals surface area contributed by atoms with E-state index in [2.05, 4.69) is 5.18 Å². The van der Waals surface area contributed by atoms with Gasteiger partial charge in [-0.15, -0.1) is 4.91 Å². The molecule has 1 N–H and O–H groups in total. The van der Waals surface area contributed by atoms with Gasteiger partial charge in [-0.3, -0.25) is 0 Å². The van der Waals surface area contributed by atoms with Crippen LogP contribution in [0, 0.1) is 4.91 Å². The number of phenolic OH excluding ortho intramolecular Hbond substituents is 1.